The lowest BCUT2D eigenvalue weighted by molar-refractivity contribution is 0.340. The Morgan fingerprint density at radius 3 is 2.57 bits per heavy atom. The van der Waals surface area contributed by atoms with Gasteiger partial charge in [-0.25, -0.2) is 8.42 Å². The molecule has 0 spiro atoms. The van der Waals surface area contributed by atoms with Gasteiger partial charge >= 0.3 is 0 Å². The van der Waals surface area contributed by atoms with E-state index in [9.17, 15) is 8.42 Å². The molecule has 0 aliphatic rings. The molecule has 0 unspecified atom stereocenters. The van der Waals surface area contributed by atoms with Gasteiger partial charge in [-0.2, -0.15) is 0 Å². The zero-order valence-corrected chi connectivity index (χ0v) is 12.8. The minimum Gasteiger partial charge on any atom is -0.493 e. The monoisotopic (exact) mass is 305 g/mol. The van der Waals surface area contributed by atoms with Crippen molar-refractivity contribution >= 4 is 9.84 Å². The van der Waals surface area contributed by atoms with Crippen LogP contribution in [0.25, 0.3) is 0 Å². The maximum absolute atomic E-state index is 12.2. The minimum absolute atomic E-state index is 0.0605. The van der Waals surface area contributed by atoms with Crippen LogP contribution in [0.5, 0.6) is 5.75 Å². The molecule has 0 aliphatic heterocycles. The third kappa shape index (κ3) is 4.31. The van der Waals surface area contributed by atoms with Crippen molar-refractivity contribution in [3.63, 3.8) is 0 Å². The lowest BCUT2D eigenvalue weighted by Gasteiger charge is -2.08. The molecule has 21 heavy (non-hydrogen) atoms. The summed E-state index contributed by atoms with van der Waals surface area (Å²) in [5.41, 5.74) is 7.41. The Morgan fingerprint density at radius 1 is 1.10 bits per heavy atom. The zero-order valence-electron chi connectivity index (χ0n) is 12.0. The predicted molar refractivity (Wildman–Crippen MR) is 83.1 cm³/mol. The summed E-state index contributed by atoms with van der Waals surface area (Å²) in [4.78, 5) is 0.290. The molecule has 2 N–H and O–H groups in total. The van der Waals surface area contributed by atoms with Gasteiger partial charge in [-0.15, -0.1) is 0 Å². The summed E-state index contributed by atoms with van der Waals surface area (Å²) in [6.07, 6.45) is 0. The van der Waals surface area contributed by atoms with Crippen molar-refractivity contribution in [3.8, 4) is 5.75 Å². The van der Waals surface area contributed by atoms with E-state index < -0.39 is 9.84 Å². The van der Waals surface area contributed by atoms with Gasteiger partial charge in [0.1, 0.15) is 12.4 Å². The summed E-state index contributed by atoms with van der Waals surface area (Å²) in [7, 11) is -3.35. The molecule has 0 saturated heterocycles. The molecule has 0 radical (unpaired) electrons. The highest BCUT2D eigenvalue weighted by atomic mass is 32.2. The molecule has 0 fully saturated rings. The van der Waals surface area contributed by atoms with E-state index in [2.05, 4.69) is 0 Å². The van der Waals surface area contributed by atoms with E-state index in [4.69, 9.17) is 10.5 Å². The Hall–Kier alpha value is -1.85. The summed E-state index contributed by atoms with van der Waals surface area (Å²) < 4.78 is 30.0. The van der Waals surface area contributed by atoms with Gasteiger partial charge in [0.25, 0.3) is 0 Å². The quantitative estimate of drug-likeness (QED) is 0.889. The van der Waals surface area contributed by atoms with Gasteiger partial charge in [-0.3, -0.25) is 0 Å². The highest BCUT2D eigenvalue weighted by Gasteiger charge is 2.14. The van der Waals surface area contributed by atoms with Crippen LogP contribution in [0.1, 0.15) is 11.1 Å². The van der Waals surface area contributed by atoms with Crippen molar-refractivity contribution in [3.05, 3.63) is 59.7 Å². The summed E-state index contributed by atoms with van der Waals surface area (Å²) in [5, 5.41) is 0. The molecule has 5 heteroatoms. The Kier molecular flexibility index (Phi) is 4.98. The van der Waals surface area contributed by atoms with Gasteiger partial charge in [0.05, 0.1) is 10.6 Å². The average molecular weight is 305 g/mol. The van der Waals surface area contributed by atoms with Crippen LogP contribution in [-0.2, 0) is 16.4 Å². The van der Waals surface area contributed by atoms with Crippen molar-refractivity contribution in [2.75, 3.05) is 12.4 Å². The summed E-state index contributed by atoms with van der Waals surface area (Å²) in [6.45, 7) is 2.41. The van der Waals surface area contributed by atoms with Crippen LogP contribution in [0, 0.1) is 6.92 Å². The third-order valence-corrected chi connectivity index (χ3v) is 4.78. The fourth-order valence-electron chi connectivity index (χ4n) is 1.96. The molecule has 0 aromatic heterocycles. The largest absolute Gasteiger partial charge is 0.493 e. The van der Waals surface area contributed by atoms with Crippen LogP contribution in [0.4, 0.5) is 0 Å². The second-order valence-corrected chi connectivity index (χ2v) is 6.94. The lowest BCUT2D eigenvalue weighted by atomic mass is 10.2. The van der Waals surface area contributed by atoms with Gasteiger partial charge in [0, 0.05) is 6.54 Å². The van der Waals surface area contributed by atoms with E-state index in [1.54, 1.807) is 18.2 Å². The van der Waals surface area contributed by atoms with Gasteiger partial charge in [0.2, 0.25) is 0 Å². The van der Waals surface area contributed by atoms with Crippen molar-refractivity contribution in [1.82, 2.24) is 0 Å². The third-order valence-electron chi connectivity index (χ3n) is 3.10. The van der Waals surface area contributed by atoms with Gasteiger partial charge in [0.15, 0.2) is 9.84 Å². The van der Waals surface area contributed by atoms with E-state index in [1.807, 2.05) is 37.3 Å². The molecule has 0 aliphatic carbocycles. The number of sulfone groups is 1. The molecule has 4 nitrogen and oxygen atoms in total. The summed E-state index contributed by atoms with van der Waals surface area (Å²) in [5.74, 6) is 0.621. The molecule has 0 bridgehead atoms. The van der Waals surface area contributed by atoms with E-state index in [0.717, 1.165) is 11.1 Å². The number of nitrogens with two attached hydrogens (primary N) is 1. The molecule has 2 rings (SSSR count). The first-order valence-electron chi connectivity index (χ1n) is 6.72. The first kappa shape index (κ1) is 15.5. The van der Waals surface area contributed by atoms with E-state index in [1.165, 1.54) is 0 Å². The Bertz CT molecular complexity index is 711. The van der Waals surface area contributed by atoms with Gasteiger partial charge < -0.3 is 10.5 Å². The number of hydrogen-bond acceptors (Lipinski definition) is 4. The van der Waals surface area contributed by atoms with Gasteiger partial charge in [-0.1, -0.05) is 24.3 Å². The Morgan fingerprint density at radius 2 is 1.86 bits per heavy atom. The maximum atomic E-state index is 12.2. The molecular formula is C16H19NO3S. The molecule has 0 amide bonds. The van der Waals surface area contributed by atoms with Crippen molar-refractivity contribution < 1.29 is 13.2 Å². The molecule has 0 saturated carbocycles. The minimum atomic E-state index is -3.35. The molecule has 2 aromatic rings. The SMILES string of the molecule is Cc1cccc(OCCS(=O)(=O)c2cccc(CN)c2)c1. The molecule has 2 aromatic carbocycles. The Labute approximate surface area is 125 Å². The standard InChI is InChI=1S/C16H19NO3S/c1-13-4-2-6-15(10-13)20-8-9-21(18,19)16-7-3-5-14(11-16)12-17/h2-7,10-11H,8-9,12,17H2,1H3. The van der Waals surface area contributed by atoms with E-state index in [0.29, 0.717) is 17.2 Å². The molecule has 112 valence electrons. The van der Waals surface area contributed by atoms with Crippen LogP contribution in [-0.4, -0.2) is 20.8 Å². The Balaban J connectivity index is 2.01. The number of rotatable bonds is 6. The normalized spacial score (nSPS) is 11.3. The van der Waals surface area contributed by atoms with E-state index >= 15 is 0 Å². The highest BCUT2D eigenvalue weighted by molar-refractivity contribution is 7.91. The summed E-state index contributed by atoms with van der Waals surface area (Å²) in [6, 6.07) is 14.2. The second kappa shape index (κ2) is 6.74. The molecule has 0 heterocycles. The van der Waals surface area contributed by atoms with Crippen LogP contribution >= 0.6 is 0 Å². The lowest BCUT2D eigenvalue weighted by Crippen LogP contribution is -2.14. The molecule has 0 atom stereocenters. The number of ether oxygens (including phenoxy) is 1. The zero-order chi connectivity index (χ0) is 15.3. The first-order chi connectivity index (χ1) is 10.0. The average Bonchev–Trinajstić information content (AvgIpc) is 2.47. The number of hydrogen-bond donors (Lipinski definition) is 1. The molecular weight excluding hydrogens is 286 g/mol. The van der Waals surface area contributed by atoms with Crippen molar-refractivity contribution in [2.24, 2.45) is 5.73 Å². The van der Waals surface area contributed by atoms with Crippen LogP contribution < -0.4 is 10.5 Å². The van der Waals surface area contributed by atoms with Crippen molar-refractivity contribution in [1.29, 1.82) is 0 Å². The maximum Gasteiger partial charge on any atom is 0.181 e. The highest BCUT2D eigenvalue weighted by Crippen LogP contribution is 2.15. The smallest absolute Gasteiger partial charge is 0.181 e. The van der Waals surface area contributed by atoms with Crippen LogP contribution in [0.15, 0.2) is 53.4 Å². The fraction of sp³-hybridized carbons (Fsp3) is 0.250. The second-order valence-electron chi connectivity index (χ2n) is 4.84. The van der Waals surface area contributed by atoms with E-state index in [-0.39, 0.29) is 12.4 Å². The van der Waals surface area contributed by atoms with Gasteiger partial charge in [-0.05, 0) is 42.3 Å². The first-order valence-corrected chi connectivity index (χ1v) is 8.38. The number of aryl methyl sites for hydroxylation is 1. The summed E-state index contributed by atoms with van der Waals surface area (Å²) >= 11 is 0. The van der Waals surface area contributed by atoms with Crippen LogP contribution in [0.2, 0.25) is 0 Å². The van der Waals surface area contributed by atoms with Crippen molar-refractivity contribution in [2.45, 2.75) is 18.4 Å². The number of benzene rings is 2. The topological polar surface area (TPSA) is 69.4 Å². The predicted octanol–water partition coefficient (Wildman–Crippen LogP) is 2.31. The van der Waals surface area contributed by atoms with Crippen LogP contribution in [0.3, 0.4) is 0 Å². The fourth-order valence-corrected chi connectivity index (χ4v) is 3.11.